The van der Waals surface area contributed by atoms with Gasteiger partial charge in [-0.15, -0.1) is 0 Å². The highest BCUT2D eigenvalue weighted by molar-refractivity contribution is 6.32. The zero-order valence-electron chi connectivity index (χ0n) is 21.7. The van der Waals surface area contributed by atoms with Gasteiger partial charge in [0.2, 0.25) is 11.8 Å². The van der Waals surface area contributed by atoms with Gasteiger partial charge in [0, 0.05) is 54.0 Å². The lowest BCUT2D eigenvalue weighted by Crippen LogP contribution is -2.52. The summed E-state index contributed by atoms with van der Waals surface area (Å²) in [5.41, 5.74) is 3.35. The van der Waals surface area contributed by atoms with E-state index < -0.39 is 18.0 Å². The Morgan fingerprint density at radius 3 is 2.74 bits per heavy atom. The van der Waals surface area contributed by atoms with Crippen LogP contribution in [0.3, 0.4) is 0 Å². The molecule has 202 valence electrons. The van der Waals surface area contributed by atoms with Crippen LogP contribution in [-0.4, -0.2) is 66.8 Å². The van der Waals surface area contributed by atoms with Crippen LogP contribution in [0.25, 0.3) is 0 Å². The SMILES string of the molecule is Cc1c(Cl)cc(NC(=O)NCc2ccc3c(c2)C(=O)N(C2CCC(=O)NC2=O)C3)cc1OCCCN(C)C. The molecule has 0 saturated carbocycles. The van der Waals surface area contributed by atoms with E-state index >= 15 is 0 Å². The maximum absolute atomic E-state index is 13.0. The van der Waals surface area contributed by atoms with Gasteiger partial charge in [-0.05, 0) is 57.1 Å². The summed E-state index contributed by atoms with van der Waals surface area (Å²) in [6, 6.07) is 7.71. The highest BCUT2D eigenvalue weighted by Crippen LogP contribution is 2.31. The normalized spacial score (nSPS) is 16.9. The molecule has 2 aromatic rings. The number of hydrogen-bond acceptors (Lipinski definition) is 6. The van der Waals surface area contributed by atoms with E-state index in [9.17, 15) is 19.2 Å². The van der Waals surface area contributed by atoms with Crippen molar-refractivity contribution in [3.63, 3.8) is 0 Å². The minimum absolute atomic E-state index is 0.193. The van der Waals surface area contributed by atoms with Crippen molar-refractivity contribution < 1.29 is 23.9 Å². The van der Waals surface area contributed by atoms with Crippen LogP contribution in [0.2, 0.25) is 5.02 Å². The monoisotopic (exact) mass is 541 g/mol. The molecule has 2 aromatic carbocycles. The zero-order valence-corrected chi connectivity index (χ0v) is 22.5. The number of urea groups is 1. The number of nitrogens with one attached hydrogen (secondary N) is 3. The van der Waals surface area contributed by atoms with Crippen molar-refractivity contribution in [2.24, 2.45) is 0 Å². The molecule has 1 atom stereocenters. The Morgan fingerprint density at radius 1 is 1.21 bits per heavy atom. The minimum Gasteiger partial charge on any atom is -0.493 e. The number of benzene rings is 2. The number of halogens is 1. The Morgan fingerprint density at radius 2 is 2.00 bits per heavy atom. The van der Waals surface area contributed by atoms with Gasteiger partial charge >= 0.3 is 6.03 Å². The van der Waals surface area contributed by atoms with Gasteiger partial charge in [0.1, 0.15) is 11.8 Å². The Hall–Kier alpha value is -3.63. The predicted molar refractivity (Wildman–Crippen MR) is 143 cm³/mol. The molecule has 0 aromatic heterocycles. The quantitative estimate of drug-likeness (QED) is 0.331. The maximum atomic E-state index is 13.0. The van der Waals surface area contributed by atoms with E-state index in [1.54, 1.807) is 18.2 Å². The molecule has 0 spiro atoms. The topological polar surface area (TPSA) is 120 Å². The van der Waals surface area contributed by atoms with Crippen LogP contribution in [0.15, 0.2) is 30.3 Å². The molecular weight excluding hydrogens is 510 g/mol. The first kappa shape index (κ1) is 27.4. The molecule has 1 saturated heterocycles. The third-order valence-corrected chi connectivity index (χ3v) is 7.00. The number of imide groups is 1. The summed E-state index contributed by atoms with van der Waals surface area (Å²) >= 11 is 6.35. The molecule has 4 rings (SSSR count). The van der Waals surface area contributed by atoms with Gasteiger partial charge in [-0.1, -0.05) is 23.7 Å². The smallest absolute Gasteiger partial charge is 0.319 e. The molecule has 1 fully saturated rings. The number of carbonyl (C=O) groups is 4. The van der Waals surface area contributed by atoms with Crippen LogP contribution in [-0.2, 0) is 22.7 Å². The molecule has 2 aliphatic rings. The van der Waals surface area contributed by atoms with E-state index in [0.717, 1.165) is 29.7 Å². The second-order valence-corrected chi connectivity index (χ2v) is 10.2. The summed E-state index contributed by atoms with van der Waals surface area (Å²) in [7, 11) is 4.00. The van der Waals surface area contributed by atoms with Gasteiger partial charge in [0.05, 0.1) is 6.61 Å². The van der Waals surface area contributed by atoms with Gasteiger partial charge in [-0.25, -0.2) is 4.79 Å². The number of carbonyl (C=O) groups excluding carboxylic acids is 4. The van der Waals surface area contributed by atoms with Crippen molar-refractivity contribution in [1.82, 2.24) is 20.4 Å². The molecule has 10 nitrogen and oxygen atoms in total. The lowest BCUT2D eigenvalue weighted by molar-refractivity contribution is -0.136. The van der Waals surface area contributed by atoms with Gasteiger partial charge in [-0.2, -0.15) is 0 Å². The number of piperidine rings is 1. The summed E-state index contributed by atoms with van der Waals surface area (Å²) in [6.45, 7) is 3.80. The Bertz CT molecular complexity index is 1260. The van der Waals surface area contributed by atoms with Gasteiger partial charge in [0.15, 0.2) is 0 Å². The summed E-state index contributed by atoms with van der Waals surface area (Å²) < 4.78 is 5.88. The van der Waals surface area contributed by atoms with Crippen molar-refractivity contribution in [2.45, 2.75) is 45.3 Å². The number of ether oxygens (including phenoxy) is 1. The second-order valence-electron chi connectivity index (χ2n) is 9.79. The number of anilines is 1. The van der Waals surface area contributed by atoms with Crippen molar-refractivity contribution in [2.75, 3.05) is 32.6 Å². The molecule has 11 heteroatoms. The van der Waals surface area contributed by atoms with Crippen molar-refractivity contribution in [3.05, 3.63) is 57.6 Å². The molecule has 38 heavy (non-hydrogen) atoms. The van der Waals surface area contributed by atoms with Gasteiger partial charge < -0.3 is 25.2 Å². The van der Waals surface area contributed by atoms with E-state index in [2.05, 4.69) is 20.9 Å². The fraction of sp³-hybridized carbons (Fsp3) is 0.407. The Labute approximate surface area is 226 Å². The largest absolute Gasteiger partial charge is 0.493 e. The van der Waals surface area contributed by atoms with Crippen molar-refractivity contribution in [1.29, 1.82) is 0 Å². The van der Waals surface area contributed by atoms with Crippen LogP contribution in [0, 0.1) is 6.92 Å². The lowest BCUT2D eigenvalue weighted by Gasteiger charge is -2.29. The summed E-state index contributed by atoms with van der Waals surface area (Å²) in [4.78, 5) is 52.9. The molecule has 0 radical (unpaired) electrons. The number of fused-ring (bicyclic) bond motifs is 1. The third kappa shape index (κ3) is 6.43. The molecule has 3 N–H and O–H groups in total. The first-order chi connectivity index (χ1) is 18.1. The average molecular weight is 542 g/mol. The third-order valence-electron chi connectivity index (χ3n) is 6.61. The van der Waals surface area contributed by atoms with Crippen LogP contribution in [0.5, 0.6) is 5.75 Å². The van der Waals surface area contributed by atoms with E-state index in [1.807, 2.05) is 33.2 Å². The summed E-state index contributed by atoms with van der Waals surface area (Å²) in [5, 5.41) is 8.36. The Balaban J connectivity index is 1.34. The molecule has 2 aliphatic heterocycles. The summed E-state index contributed by atoms with van der Waals surface area (Å²) in [6.07, 6.45) is 1.37. The van der Waals surface area contributed by atoms with Crippen molar-refractivity contribution in [3.8, 4) is 5.75 Å². The van der Waals surface area contributed by atoms with Crippen LogP contribution >= 0.6 is 11.6 Å². The highest BCUT2D eigenvalue weighted by Gasteiger charge is 2.39. The van der Waals surface area contributed by atoms with E-state index in [1.165, 1.54) is 4.90 Å². The van der Waals surface area contributed by atoms with E-state index in [0.29, 0.717) is 41.6 Å². The first-order valence-electron chi connectivity index (χ1n) is 12.5. The van der Waals surface area contributed by atoms with E-state index in [-0.39, 0.29) is 24.8 Å². The van der Waals surface area contributed by atoms with Crippen LogP contribution in [0.1, 0.15) is 46.3 Å². The minimum atomic E-state index is -0.664. The fourth-order valence-electron chi connectivity index (χ4n) is 4.51. The number of nitrogens with zero attached hydrogens (tertiary/aromatic N) is 2. The number of hydrogen-bond donors (Lipinski definition) is 3. The predicted octanol–water partition coefficient (Wildman–Crippen LogP) is 3.06. The van der Waals surface area contributed by atoms with Gasteiger partial charge in [0.25, 0.3) is 5.91 Å². The van der Waals surface area contributed by atoms with Crippen LogP contribution in [0.4, 0.5) is 10.5 Å². The summed E-state index contributed by atoms with van der Waals surface area (Å²) in [5.74, 6) is -0.407. The van der Waals surface area contributed by atoms with Crippen LogP contribution < -0.4 is 20.7 Å². The molecule has 0 bridgehead atoms. The Kier molecular flexibility index (Phi) is 8.53. The second kappa shape index (κ2) is 11.8. The average Bonchev–Trinajstić information content (AvgIpc) is 3.18. The fourth-order valence-corrected chi connectivity index (χ4v) is 4.72. The highest BCUT2D eigenvalue weighted by atomic mass is 35.5. The molecule has 5 amide bonds. The first-order valence-corrected chi connectivity index (χ1v) is 12.9. The van der Waals surface area contributed by atoms with E-state index in [4.69, 9.17) is 16.3 Å². The molecule has 1 unspecified atom stereocenters. The number of amides is 5. The van der Waals surface area contributed by atoms with Crippen molar-refractivity contribution >= 4 is 41.0 Å². The number of rotatable bonds is 9. The lowest BCUT2D eigenvalue weighted by atomic mass is 10.0. The molecular formula is C27H32ClN5O5. The molecule has 0 aliphatic carbocycles. The zero-order chi connectivity index (χ0) is 27.4. The molecule has 2 heterocycles. The maximum Gasteiger partial charge on any atom is 0.319 e. The van der Waals surface area contributed by atoms with Gasteiger partial charge in [-0.3, -0.25) is 19.7 Å². The standard InChI is InChI=1S/C27H32ClN5O5/c1-16-21(28)12-19(13-23(16)38-10-4-9-32(2)3)30-27(37)29-14-17-5-6-18-15-33(26(36)20(18)11-17)22-7-8-24(34)31-25(22)35/h5-6,11-13,22H,4,7-10,14-15H2,1-3H3,(H2,29,30,37)(H,31,34,35).